The zero-order chi connectivity index (χ0) is 31.6. The van der Waals surface area contributed by atoms with Gasteiger partial charge in [-0.3, -0.25) is 9.48 Å². The summed E-state index contributed by atoms with van der Waals surface area (Å²) in [6.45, 7) is 1.05. The molecule has 1 fully saturated rings. The van der Waals surface area contributed by atoms with Crippen molar-refractivity contribution in [3.8, 4) is 17.0 Å². The molecule has 0 radical (unpaired) electrons. The number of halogens is 6. The largest absolute Gasteiger partial charge is 0.434 e. The van der Waals surface area contributed by atoms with Gasteiger partial charge in [-0.15, -0.1) is 0 Å². The van der Waals surface area contributed by atoms with Crippen molar-refractivity contribution < 1.29 is 45.0 Å². The molecule has 1 saturated carbocycles. The monoisotopic (exact) mass is 645 g/mol. The van der Waals surface area contributed by atoms with Gasteiger partial charge in [-0.25, -0.2) is 13.4 Å². The maximum absolute atomic E-state index is 13.3. The third-order valence-corrected chi connectivity index (χ3v) is 8.89. The van der Waals surface area contributed by atoms with E-state index in [4.69, 9.17) is 11.6 Å². The number of ether oxygens (including phenoxy) is 1. The zero-order valence-electron chi connectivity index (χ0n) is 23.3. The Kier molecular flexibility index (Phi) is 10.4. The average molecular weight is 646 g/mol. The number of nitrogens with zero attached hydrogens (tertiary/aromatic N) is 3. The number of hydrogen-bond acceptors (Lipinski definition) is 8. The lowest BCUT2D eigenvalue weighted by atomic mass is 9.86. The predicted molar refractivity (Wildman–Crippen MR) is 145 cm³/mol. The van der Waals surface area contributed by atoms with Crippen molar-refractivity contribution in [2.75, 3.05) is 18.1 Å². The number of carbonyl (C=O) groups is 1. The Morgan fingerprint density at radius 1 is 1.29 bits per heavy atom. The number of aliphatic hydroxyl groups excluding tert-OH is 1. The number of anilines is 1. The van der Waals surface area contributed by atoms with Gasteiger partial charge in [0.1, 0.15) is 21.4 Å². The van der Waals surface area contributed by atoms with Crippen LogP contribution in [0.5, 0.6) is 5.75 Å². The van der Waals surface area contributed by atoms with Crippen molar-refractivity contribution in [1.82, 2.24) is 20.1 Å². The fourth-order valence-corrected chi connectivity index (χ4v) is 6.38. The molecule has 0 aliphatic heterocycles. The van der Waals surface area contributed by atoms with E-state index in [1.165, 1.54) is 18.5 Å². The van der Waals surface area contributed by atoms with E-state index in [9.17, 15) is 40.3 Å². The summed E-state index contributed by atoms with van der Waals surface area (Å²) in [4.78, 5) is 17.1. The van der Waals surface area contributed by atoms with Gasteiger partial charge in [0.05, 0.1) is 34.1 Å². The molecule has 17 heteroatoms. The lowest BCUT2D eigenvalue weighted by molar-refractivity contribution is -0.142. The minimum atomic E-state index is -4.50. The summed E-state index contributed by atoms with van der Waals surface area (Å²) < 4.78 is 95.1. The fourth-order valence-electron chi connectivity index (χ4n) is 4.95. The molecule has 1 amide bonds. The second-order valence-electron chi connectivity index (χ2n) is 10.9. The molecule has 2 heterocycles. The molecule has 0 bridgehead atoms. The maximum Gasteiger partial charge on any atom is 0.391 e. The first-order chi connectivity index (χ1) is 19.3. The number of nitrogens with one attached hydrogen (secondary N) is 2. The van der Waals surface area contributed by atoms with Crippen LogP contribution in [0, 0.1) is 5.92 Å². The number of hydrogen-bond donors (Lipinski definition) is 3. The molecule has 236 valence electrons. The Morgan fingerprint density at radius 2 is 1.95 bits per heavy atom. The summed E-state index contributed by atoms with van der Waals surface area (Å²) in [6, 6.07) is 1.01. The first-order valence-electron chi connectivity index (χ1n) is 13.0. The van der Waals surface area contributed by atoms with E-state index in [-0.39, 0.29) is 47.3 Å². The molecular weight excluding hydrogens is 613 g/mol. The topological polar surface area (TPSA) is 135 Å². The van der Waals surface area contributed by atoms with E-state index in [1.54, 1.807) is 6.92 Å². The van der Waals surface area contributed by atoms with E-state index >= 15 is 0 Å². The van der Waals surface area contributed by atoms with Crippen molar-refractivity contribution in [1.29, 1.82) is 0 Å². The Hall–Kier alpha value is -2.72. The smallest absolute Gasteiger partial charge is 0.391 e. The molecule has 0 aromatic carbocycles. The molecule has 0 saturated heterocycles. The van der Waals surface area contributed by atoms with Crippen LogP contribution in [-0.2, 0) is 16.4 Å². The van der Waals surface area contributed by atoms with Gasteiger partial charge in [0.2, 0.25) is 0 Å². The number of aromatic nitrogens is 3. The van der Waals surface area contributed by atoms with Gasteiger partial charge >= 0.3 is 12.8 Å². The Bertz CT molecular complexity index is 1390. The number of sulfone groups is 1. The van der Waals surface area contributed by atoms with Gasteiger partial charge in [0.25, 0.3) is 5.91 Å². The van der Waals surface area contributed by atoms with Gasteiger partial charge in [0, 0.05) is 43.1 Å². The van der Waals surface area contributed by atoms with E-state index < -0.39 is 63.5 Å². The van der Waals surface area contributed by atoms with Crippen LogP contribution in [0.25, 0.3) is 11.3 Å². The Morgan fingerprint density at radius 3 is 2.50 bits per heavy atom. The second-order valence-corrected chi connectivity index (χ2v) is 13.6. The van der Waals surface area contributed by atoms with Gasteiger partial charge < -0.3 is 20.5 Å². The van der Waals surface area contributed by atoms with Gasteiger partial charge in [-0.2, -0.15) is 27.1 Å². The van der Waals surface area contributed by atoms with E-state index in [0.717, 1.165) is 18.5 Å². The number of amides is 1. The van der Waals surface area contributed by atoms with E-state index in [0.29, 0.717) is 12.8 Å². The number of aliphatic hydroxyl groups is 1. The molecule has 2 aromatic heterocycles. The van der Waals surface area contributed by atoms with Gasteiger partial charge in [0.15, 0.2) is 5.69 Å². The third kappa shape index (κ3) is 8.66. The predicted octanol–water partition coefficient (Wildman–Crippen LogP) is 4.67. The highest BCUT2D eigenvalue weighted by Gasteiger charge is 2.37. The molecule has 10 nitrogen and oxygen atoms in total. The minimum absolute atomic E-state index is 0.0104. The fraction of sp³-hybridized carbons (Fsp3) is 0.640. The first kappa shape index (κ1) is 33.8. The van der Waals surface area contributed by atoms with Crippen LogP contribution in [0.15, 0.2) is 12.3 Å². The lowest BCUT2D eigenvalue weighted by Gasteiger charge is -2.32. The number of carbonyl (C=O) groups excluding carboxylic acids is 1. The highest BCUT2D eigenvalue weighted by Crippen LogP contribution is 2.39. The molecule has 1 aliphatic carbocycles. The second kappa shape index (κ2) is 12.9. The van der Waals surface area contributed by atoms with Crippen LogP contribution >= 0.6 is 11.6 Å². The molecule has 3 rings (SSSR count). The van der Waals surface area contributed by atoms with Crippen molar-refractivity contribution in [2.24, 2.45) is 5.92 Å². The van der Waals surface area contributed by atoms with E-state index in [1.807, 2.05) is 0 Å². The lowest BCUT2D eigenvalue weighted by Crippen LogP contribution is -2.41. The summed E-state index contributed by atoms with van der Waals surface area (Å²) >= 11 is 6.51. The zero-order valence-corrected chi connectivity index (χ0v) is 24.9. The van der Waals surface area contributed by atoms with Crippen molar-refractivity contribution in [3.63, 3.8) is 0 Å². The molecule has 3 atom stereocenters. The third-order valence-electron chi connectivity index (χ3n) is 6.89. The van der Waals surface area contributed by atoms with E-state index in [2.05, 4.69) is 25.5 Å². The van der Waals surface area contributed by atoms with Crippen LogP contribution < -0.4 is 15.4 Å². The summed E-state index contributed by atoms with van der Waals surface area (Å²) in [7, 11) is -3.31. The van der Waals surface area contributed by atoms with Gasteiger partial charge in [-0.05, 0) is 40.0 Å². The standard InChI is InChI=1S/C25H33ClF5N5O5S/c1-5-36-21(15-11-32-18(9-17(15)41-23(27)28)34-24(2,3)12-25(29,30)31)19(26)20(35-36)22(38)33-10-13-6-7-14(8-16(13)37)42(4,39)40/h9,11,13-14,16,23,37H,5-8,10,12H2,1-4H3,(H,32,34)(H,33,38)/t13-,14?,16+/m1/s1. The van der Waals surface area contributed by atoms with Crippen molar-refractivity contribution in [2.45, 2.75) is 82.7 Å². The first-order valence-corrected chi connectivity index (χ1v) is 15.4. The molecule has 1 unspecified atom stereocenters. The number of rotatable bonds is 11. The van der Waals surface area contributed by atoms with Crippen LogP contribution in [-0.4, -0.2) is 76.7 Å². The van der Waals surface area contributed by atoms with Crippen molar-refractivity contribution in [3.05, 3.63) is 23.0 Å². The minimum Gasteiger partial charge on any atom is -0.434 e. The highest BCUT2D eigenvalue weighted by molar-refractivity contribution is 7.91. The number of alkyl halides is 5. The number of aryl methyl sites for hydroxylation is 1. The molecule has 2 aromatic rings. The Balaban J connectivity index is 1.86. The van der Waals surface area contributed by atoms with Crippen molar-refractivity contribution >= 4 is 33.2 Å². The molecule has 42 heavy (non-hydrogen) atoms. The summed E-state index contributed by atoms with van der Waals surface area (Å²) in [5.41, 5.74) is -1.84. The molecule has 3 N–H and O–H groups in total. The molecular formula is C25H33ClF5N5O5S. The van der Waals surface area contributed by atoms with Crippen LogP contribution in [0.4, 0.5) is 27.8 Å². The quantitative estimate of drug-likeness (QED) is 0.300. The average Bonchev–Trinajstić information content (AvgIpc) is 3.16. The SMILES string of the molecule is CCn1nc(C(=O)NC[C@H]2CCC(S(C)(=O)=O)C[C@@H]2O)c(Cl)c1-c1cnc(NC(C)(C)CC(F)(F)F)cc1OC(F)F. The van der Waals surface area contributed by atoms with Gasteiger partial charge in [-0.1, -0.05) is 11.6 Å². The highest BCUT2D eigenvalue weighted by atomic mass is 35.5. The summed E-state index contributed by atoms with van der Waals surface area (Å²) in [5, 5.41) is 18.9. The molecule has 1 aliphatic rings. The van der Waals surface area contributed by atoms with Crippen LogP contribution in [0.3, 0.4) is 0 Å². The normalized spacial score (nSPS) is 20.0. The Labute approximate surface area is 244 Å². The van der Waals surface area contributed by atoms with Crippen LogP contribution in [0.1, 0.15) is 56.9 Å². The summed E-state index contributed by atoms with van der Waals surface area (Å²) in [5.74, 6) is -1.75. The van der Waals surface area contributed by atoms with Crippen LogP contribution in [0.2, 0.25) is 5.02 Å². The maximum atomic E-state index is 13.3. The number of pyridine rings is 1. The summed E-state index contributed by atoms with van der Waals surface area (Å²) in [6.07, 6.45) is -3.73. The molecule has 0 spiro atoms.